The summed E-state index contributed by atoms with van der Waals surface area (Å²) in [4.78, 5) is 36.6. The number of hydrogen-bond acceptors (Lipinski definition) is 4. The van der Waals surface area contributed by atoms with Crippen LogP contribution in [-0.4, -0.2) is 24.6 Å². The van der Waals surface area contributed by atoms with Gasteiger partial charge in [0.25, 0.3) is 0 Å². The van der Waals surface area contributed by atoms with Crippen LogP contribution in [0.2, 0.25) is 0 Å². The first-order chi connectivity index (χ1) is 10.1. The van der Waals surface area contributed by atoms with E-state index in [1.807, 2.05) is 6.92 Å². The molecular weight excluding hydrogens is 270 g/mol. The van der Waals surface area contributed by atoms with E-state index in [2.05, 4.69) is 5.32 Å². The molecule has 0 bridgehead atoms. The zero-order valence-electron chi connectivity index (χ0n) is 12.1. The fourth-order valence-electron chi connectivity index (χ4n) is 2.20. The van der Waals surface area contributed by atoms with E-state index in [1.54, 1.807) is 24.3 Å². The molecule has 1 aliphatic rings. The van der Waals surface area contributed by atoms with Gasteiger partial charge in [-0.05, 0) is 6.42 Å². The number of benzene rings is 1. The maximum absolute atomic E-state index is 12.4. The number of carbonyl (C=O) groups excluding carboxylic acids is 3. The number of hydrogen-bond donors (Lipinski definition) is 1. The van der Waals surface area contributed by atoms with Gasteiger partial charge in [0.1, 0.15) is 5.70 Å². The largest absolute Gasteiger partial charge is 0.491 e. The van der Waals surface area contributed by atoms with Crippen LogP contribution in [0.4, 0.5) is 0 Å². The van der Waals surface area contributed by atoms with Gasteiger partial charge in [-0.15, -0.1) is 0 Å². The number of nitrogens with one attached hydrogen (secondary N) is 1. The standard InChI is InChI=1S/C16H17NO4/c1-3-4-9-12(18)17-13-14(19)10-7-5-6-8-11(10)15(20)16(13)21-2/h5-8H,3-4,9H2,1-2H3,(H,17,18). The van der Waals surface area contributed by atoms with Gasteiger partial charge in [0.15, 0.2) is 5.76 Å². The van der Waals surface area contributed by atoms with Gasteiger partial charge in [-0.25, -0.2) is 0 Å². The molecule has 0 saturated heterocycles. The molecule has 0 heterocycles. The SMILES string of the molecule is CCCCC(=O)NC1=C(OC)C(=O)c2ccccc2C1=O. The van der Waals surface area contributed by atoms with Crippen molar-refractivity contribution in [2.24, 2.45) is 0 Å². The zero-order chi connectivity index (χ0) is 15.4. The van der Waals surface area contributed by atoms with Crippen LogP contribution in [0.3, 0.4) is 0 Å². The first-order valence-electron chi connectivity index (χ1n) is 6.86. The minimum Gasteiger partial charge on any atom is -0.491 e. The number of allylic oxidation sites excluding steroid dienone is 2. The monoisotopic (exact) mass is 287 g/mol. The summed E-state index contributed by atoms with van der Waals surface area (Å²) < 4.78 is 5.04. The predicted octanol–water partition coefficient (Wildman–Crippen LogP) is 2.23. The average Bonchev–Trinajstić information content (AvgIpc) is 2.50. The van der Waals surface area contributed by atoms with Gasteiger partial charge < -0.3 is 10.1 Å². The number of carbonyl (C=O) groups is 3. The molecule has 0 atom stereocenters. The molecule has 5 heteroatoms. The van der Waals surface area contributed by atoms with Gasteiger partial charge >= 0.3 is 0 Å². The summed E-state index contributed by atoms with van der Waals surface area (Å²) >= 11 is 0. The van der Waals surface area contributed by atoms with E-state index in [0.29, 0.717) is 12.0 Å². The van der Waals surface area contributed by atoms with Crippen molar-refractivity contribution in [2.75, 3.05) is 7.11 Å². The molecular formula is C16H17NO4. The highest BCUT2D eigenvalue weighted by molar-refractivity contribution is 6.26. The van der Waals surface area contributed by atoms with Crippen molar-refractivity contribution in [3.63, 3.8) is 0 Å². The summed E-state index contributed by atoms with van der Waals surface area (Å²) in [6.07, 6.45) is 1.90. The van der Waals surface area contributed by atoms with Crippen LogP contribution in [0.15, 0.2) is 35.7 Å². The van der Waals surface area contributed by atoms with Crippen LogP contribution < -0.4 is 5.32 Å². The Morgan fingerprint density at radius 3 is 2.33 bits per heavy atom. The van der Waals surface area contributed by atoms with Gasteiger partial charge in [0.05, 0.1) is 7.11 Å². The molecule has 2 rings (SSSR count). The van der Waals surface area contributed by atoms with E-state index in [0.717, 1.165) is 12.8 Å². The maximum atomic E-state index is 12.4. The Kier molecular flexibility index (Phi) is 4.52. The fourth-order valence-corrected chi connectivity index (χ4v) is 2.20. The minimum atomic E-state index is -0.396. The number of fused-ring (bicyclic) bond motifs is 1. The van der Waals surface area contributed by atoms with E-state index in [4.69, 9.17) is 4.74 Å². The van der Waals surface area contributed by atoms with E-state index < -0.39 is 11.6 Å². The number of methoxy groups -OCH3 is 1. The average molecular weight is 287 g/mol. The Hall–Kier alpha value is -2.43. The Bertz CT molecular complexity index is 631. The molecule has 1 N–H and O–H groups in total. The molecule has 0 unspecified atom stereocenters. The molecule has 1 aromatic rings. The fraction of sp³-hybridized carbons (Fsp3) is 0.312. The quantitative estimate of drug-likeness (QED) is 0.901. The lowest BCUT2D eigenvalue weighted by Crippen LogP contribution is -2.34. The lowest BCUT2D eigenvalue weighted by molar-refractivity contribution is -0.120. The number of Topliss-reactive ketones (excluding diaryl/α,β-unsaturated/α-hetero) is 2. The summed E-state index contributed by atoms with van der Waals surface area (Å²) in [6, 6.07) is 6.50. The van der Waals surface area contributed by atoms with Crippen LogP contribution in [0.1, 0.15) is 46.9 Å². The van der Waals surface area contributed by atoms with Gasteiger partial charge in [-0.1, -0.05) is 37.6 Å². The van der Waals surface area contributed by atoms with Crippen molar-refractivity contribution >= 4 is 17.5 Å². The van der Waals surface area contributed by atoms with Gasteiger partial charge in [0, 0.05) is 17.5 Å². The second-order valence-electron chi connectivity index (χ2n) is 4.76. The summed E-state index contributed by atoms with van der Waals surface area (Å²) in [5.74, 6) is -1.18. The number of ether oxygens (including phenoxy) is 1. The highest BCUT2D eigenvalue weighted by Gasteiger charge is 2.33. The van der Waals surface area contributed by atoms with Crippen molar-refractivity contribution in [3.8, 4) is 0 Å². The second kappa shape index (κ2) is 6.35. The summed E-state index contributed by atoms with van der Waals surface area (Å²) in [6.45, 7) is 1.97. The topological polar surface area (TPSA) is 72.5 Å². The summed E-state index contributed by atoms with van der Waals surface area (Å²) in [5.41, 5.74) is 0.516. The molecule has 110 valence electrons. The third-order valence-corrected chi connectivity index (χ3v) is 3.30. The molecule has 0 saturated carbocycles. The van der Waals surface area contributed by atoms with Gasteiger partial charge in [0.2, 0.25) is 17.5 Å². The van der Waals surface area contributed by atoms with Crippen molar-refractivity contribution in [3.05, 3.63) is 46.8 Å². The molecule has 0 spiro atoms. The molecule has 0 aromatic heterocycles. The smallest absolute Gasteiger partial charge is 0.230 e. The third kappa shape index (κ3) is 2.86. The van der Waals surface area contributed by atoms with Crippen molar-refractivity contribution < 1.29 is 19.1 Å². The van der Waals surface area contributed by atoms with Gasteiger partial charge in [-0.3, -0.25) is 14.4 Å². The zero-order valence-corrected chi connectivity index (χ0v) is 12.1. The van der Waals surface area contributed by atoms with E-state index >= 15 is 0 Å². The van der Waals surface area contributed by atoms with Gasteiger partial charge in [-0.2, -0.15) is 0 Å². The Labute approximate surface area is 123 Å². The number of ketones is 2. The van der Waals surface area contributed by atoms with E-state index in [1.165, 1.54) is 7.11 Å². The number of unbranched alkanes of at least 4 members (excludes halogenated alkanes) is 1. The molecule has 0 aliphatic heterocycles. The first-order valence-corrected chi connectivity index (χ1v) is 6.86. The van der Waals surface area contributed by atoms with Crippen LogP contribution >= 0.6 is 0 Å². The van der Waals surface area contributed by atoms with Crippen molar-refractivity contribution in [1.82, 2.24) is 5.32 Å². The number of rotatable bonds is 5. The van der Waals surface area contributed by atoms with Crippen LogP contribution in [0, 0.1) is 0 Å². The highest BCUT2D eigenvalue weighted by Crippen LogP contribution is 2.25. The number of amides is 1. The van der Waals surface area contributed by atoms with Crippen LogP contribution in [0.5, 0.6) is 0 Å². The predicted molar refractivity (Wildman–Crippen MR) is 76.8 cm³/mol. The molecule has 5 nitrogen and oxygen atoms in total. The lowest BCUT2D eigenvalue weighted by atomic mass is 9.91. The third-order valence-electron chi connectivity index (χ3n) is 3.30. The van der Waals surface area contributed by atoms with Crippen molar-refractivity contribution in [1.29, 1.82) is 0 Å². The second-order valence-corrected chi connectivity index (χ2v) is 4.76. The summed E-state index contributed by atoms with van der Waals surface area (Å²) in [5, 5.41) is 2.52. The summed E-state index contributed by atoms with van der Waals surface area (Å²) in [7, 11) is 1.31. The molecule has 0 radical (unpaired) electrons. The first kappa shape index (κ1) is 15.0. The van der Waals surface area contributed by atoms with E-state index in [-0.39, 0.29) is 22.9 Å². The van der Waals surface area contributed by atoms with Crippen LogP contribution in [-0.2, 0) is 9.53 Å². The Morgan fingerprint density at radius 2 is 1.76 bits per heavy atom. The molecule has 21 heavy (non-hydrogen) atoms. The van der Waals surface area contributed by atoms with Crippen LogP contribution in [0.25, 0.3) is 0 Å². The maximum Gasteiger partial charge on any atom is 0.230 e. The normalized spacial score (nSPS) is 14.0. The Balaban J connectivity index is 2.36. The lowest BCUT2D eigenvalue weighted by Gasteiger charge is -2.20. The molecule has 1 aliphatic carbocycles. The molecule has 0 fully saturated rings. The Morgan fingerprint density at radius 1 is 1.14 bits per heavy atom. The molecule has 1 amide bonds. The van der Waals surface area contributed by atoms with E-state index in [9.17, 15) is 14.4 Å². The van der Waals surface area contributed by atoms with Crippen molar-refractivity contribution in [2.45, 2.75) is 26.2 Å². The highest BCUT2D eigenvalue weighted by atomic mass is 16.5. The minimum absolute atomic E-state index is 0.0673. The molecule has 1 aromatic carbocycles.